The average molecular weight is 238 g/mol. The zero-order valence-corrected chi connectivity index (χ0v) is 8.69. The van der Waals surface area contributed by atoms with Crippen molar-refractivity contribution in [1.82, 2.24) is 4.98 Å². The Bertz CT molecular complexity index is 383. The van der Waals surface area contributed by atoms with Gasteiger partial charge < -0.3 is 0 Å². The van der Waals surface area contributed by atoms with Gasteiger partial charge in [0.2, 0.25) is 0 Å². The van der Waals surface area contributed by atoms with Gasteiger partial charge in [-0.3, -0.25) is 0 Å². The van der Waals surface area contributed by atoms with Crippen LogP contribution < -0.4 is 0 Å². The van der Waals surface area contributed by atoms with Crippen molar-refractivity contribution in [3.05, 3.63) is 41.0 Å². The summed E-state index contributed by atoms with van der Waals surface area (Å²) in [7, 11) is 0. The van der Waals surface area contributed by atoms with Gasteiger partial charge in [-0.15, -0.1) is 0 Å². The van der Waals surface area contributed by atoms with Crippen LogP contribution in [-0.4, -0.2) is 24.6 Å². The molecule has 3 heteroatoms. The van der Waals surface area contributed by atoms with E-state index in [0.717, 1.165) is 10.3 Å². The Balaban J connectivity index is 2.36. The van der Waals surface area contributed by atoms with E-state index in [9.17, 15) is 0 Å². The summed E-state index contributed by atoms with van der Waals surface area (Å²) in [6, 6.07) is 10.1. The van der Waals surface area contributed by atoms with Crippen molar-refractivity contribution in [3.8, 4) is 10.1 Å². The second kappa shape index (κ2) is 3.88. The van der Waals surface area contributed by atoms with E-state index in [1.165, 1.54) is 5.56 Å². The minimum atomic E-state index is 0.0537. The zero-order chi connectivity index (χ0) is 9.10. The summed E-state index contributed by atoms with van der Waals surface area (Å²) >= 11 is 0.291. The van der Waals surface area contributed by atoms with E-state index < -0.39 is 0 Å². The van der Waals surface area contributed by atoms with Crippen LogP contribution in [0.5, 0.6) is 0 Å². The van der Waals surface area contributed by atoms with Gasteiger partial charge in [-0.2, -0.15) is 0 Å². The van der Waals surface area contributed by atoms with Gasteiger partial charge in [0, 0.05) is 0 Å². The molecule has 0 spiro atoms. The Hall–Kier alpha value is -0.891. The number of aliphatic hydroxyl groups excluding tert-OH is 1. The number of aromatic nitrogens is 1. The molecule has 2 rings (SSSR count). The molecule has 0 aliphatic heterocycles. The van der Waals surface area contributed by atoms with E-state index >= 15 is 0 Å². The van der Waals surface area contributed by atoms with Gasteiger partial charge in [0.25, 0.3) is 0 Å². The first-order chi connectivity index (χ1) is 6.40. The predicted octanol–water partition coefficient (Wildman–Crippen LogP) is 1.30. The van der Waals surface area contributed by atoms with Crippen LogP contribution in [0.2, 0.25) is 0 Å². The molecule has 1 aromatic carbocycles. The summed E-state index contributed by atoms with van der Waals surface area (Å²) in [5.41, 5.74) is 1.97. The minimum absolute atomic E-state index is 0.0537. The summed E-state index contributed by atoms with van der Waals surface area (Å²) < 4.78 is 1.11. The SMILES string of the molecule is OCc1c[se]c(-c2ccccc2)n1. The van der Waals surface area contributed by atoms with Gasteiger partial charge in [0.1, 0.15) is 0 Å². The molecule has 13 heavy (non-hydrogen) atoms. The Kier molecular flexibility index (Phi) is 2.59. The van der Waals surface area contributed by atoms with Crippen LogP contribution >= 0.6 is 0 Å². The topological polar surface area (TPSA) is 33.1 Å². The van der Waals surface area contributed by atoms with E-state index in [4.69, 9.17) is 5.11 Å². The zero-order valence-electron chi connectivity index (χ0n) is 6.97. The molecule has 2 nitrogen and oxygen atoms in total. The Morgan fingerprint density at radius 2 is 2.00 bits per heavy atom. The standard InChI is InChI=1S/C10H9NOSe/c12-6-9-7-13-10(11-9)8-4-2-1-3-5-8/h1-5,7,12H,6H2. The van der Waals surface area contributed by atoms with Crippen LogP contribution in [0, 0.1) is 0 Å². The Labute approximate surface area is 82.6 Å². The van der Waals surface area contributed by atoms with Crippen molar-refractivity contribution in [2.75, 3.05) is 0 Å². The summed E-state index contributed by atoms with van der Waals surface area (Å²) in [5, 5.41) is 8.87. The molecular formula is C10H9NOSe. The maximum atomic E-state index is 8.87. The quantitative estimate of drug-likeness (QED) is 0.800. The molecule has 0 bridgehead atoms. The van der Waals surface area contributed by atoms with Crippen LogP contribution in [0.3, 0.4) is 0 Å². The van der Waals surface area contributed by atoms with E-state index in [0.29, 0.717) is 14.5 Å². The second-order valence-corrected chi connectivity index (χ2v) is 4.47. The molecule has 0 aliphatic rings. The summed E-state index contributed by atoms with van der Waals surface area (Å²) in [6.07, 6.45) is 0. The maximum absolute atomic E-state index is 8.87. The number of rotatable bonds is 2. The van der Waals surface area contributed by atoms with Crippen molar-refractivity contribution in [3.63, 3.8) is 0 Å². The molecular weight excluding hydrogens is 229 g/mol. The third-order valence-corrected chi connectivity index (χ3v) is 3.71. The van der Waals surface area contributed by atoms with Crippen molar-refractivity contribution >= 4 is 14.5 Å². The van der Waals surface area contributed by atoms with Crippen LogP contribution in [0.1, 0.15) is 5.69 Å². The fourth-order valence-electron chi connectivity index (χ4n) is 1.09. The first-order valence-corrected chi connectivity index (χ1v) is 5.85. The molecule has 0 atom stereocenters. The Morgan fingerprint density at radius 3 is 2.62 bits per heavy atom. The fraction of sp³-hybridized carbons (Fsp3) is 0.100. The van der Waals surface area contributed by atoms with E-state index in [-0.39, 0.29) is 6.61 Å². The first kappa shape index (κ1) is 8.70. The summed E-state index contributed by atoms with van der Waals surface area (Å²) in [4.78, 5) is 6.36. The van der Waals surface area contributed by atoms with Crippen LogP contribution in [0.4, 0.5) is 0 Å². The van der Waals surface area contributed by atoms with Crippen molar-refractivity contribution in [2.24, 2.45) is 0 Å². The average Bonchev–Trinajstić information content (AvgIpc) is 2.67. The molecule has 0 saturated carbocycles. The third-order valence-electron chi connectivity index (χ3n) is 1.73. The number of hydrogen-bond acceptors (Lipinski definition) is 2. The molecule has 1 aromatic heterocycles. The monoisotopic (exact) mass is 239 g/mol. The molecule has 1 N–H and O–H groups in total. The van der Waals surface area contributed by atoms with Gasteiger partial charge in [-0.05, 0) is 0 Å². The number of aliphatic hydroxyl groups is 1. The van der Waals surface area contributed by atoms with Gasteiger partial charge in [-0.1, -0.05) is 0 Å². The van der Waals surface area contributed by atoms with E-state index in [1.54, 1.807) is 0 Å². The van der Waals surface area contributed by atoms with Crippen molar-refractivity contribution in [1.29, 1.82) is 0 Å². The number of hydrogen-bond donors (Lipinski definition) is 1. The van der Waals surface area contributed by atoms with Crippen molar-refractivity contribution < 1.29 is 5.11 Å². The second-order valence-electron chi connectivity index (χ2n) is 2.67. The van der Waals surface area contributed by atoms with E-state index in [1.807, 2.05) is 23.1 Å². The molecule has 2 aromatic rings. The molecule has 0 radical (unpaired) electrons. The molecule has 0 fully saturated rings. The number of nitrogens with zero attached hydrogens (tertiary/aromatic N) is 1. The van der Waals surface area contributed by atoms with Gasteiger partial charge in [0.15, 0.2) is 0 Å². The van der Waals surface area contributed by atoms with Crippen LogP contribution in [-0.2, 0) is 6.61 Å². The van der Waals surface area contributed by atoms with Crippen LogP contribution in [0.15, 0.2) is 35.3 Å². The molecule has 0 aliphatic carbocycles. The van der Waals surface area contributed by atoms with E-state index in [2.05, 4.69) is 17.1 Å². The Morgan fingerprint density at radius 1 is 1.23 bits per heavy atom. The molecule has 66 valence electrons. The van der Waals surface area contributed by atoms with Gasteiger partial charge in [-0.25, -0.2) is 0 Å². The van der Waals surface area contributed by atoms with Crippen molar-refractivity contribution in [2.45, 2.75) is 6.61 Å². The van der Waals surface area contributed by atoms with Gasteiger partial charge >= 0.3 is 82.3 Å². The summed E-state index contributed by atoms with van der Waals surface area (Å²) in [6.45, 7) is 0.0537. The van der Waals surface area contributed by atoms with Crippen LogP contribution in [0.25, 0.3) is 10.1 Å². The fourth-order valence-corrected chi connectivity index (χ4v) is 2.81. The summed E-state index contributed by atoms with van der Waals surface area (Å²) in [5.74, 6) is 0. The van der Waals surface area contributed by atoms with Gasteiger partial charge in [0.05, 0.1) is 0 Å². The number of benzene rings is 1. The molecule has 0 unspecified atom stereocenters. The predicted molar refractivity (Wildman–Crippen MR) is 52.5 cm³/mol. The normalized spacial score (nSPS) is 10.2. The molecule has 0 saturated heterocycles. The third kappa shape index (κ3) is 1.89. The molecule has 0 amide bonds. The molecule has 1 heterocycles. The first-order valence-electron chi connectivity index (χ1n) is 4.01.